The van der Waals surface area contributed by atoms with Crippen LogP contribution in [-0.4, -0.2) is 11.8 Å². The normalized spacial score (nSPS) is 16.2. The summed E-state index contributed by atoms with van der Waals surface area (Å²) in [4.78, 5) is 22.8. The first kappa shape index (κ1) is 8.13. The molecule has 1 aromatic rings. The Morgan fingerprint density at radius 2 is 1.38 bits per heavy atom. The van der Waals surface area contributed by atoms with Gasteiger partial charge in [-0.2, -0.15) is 0 Å². The van der Waals surface area contributed by atoms with Crippen molar-refractivity contribution in [1.29, 1.82) is 0 Å². The fourth-order valence-corrected chi connectivity index (χ4v) is 1.87. The summed E-state index contributed by atoms with van der Waals surface area (Å²) in [6, 6.07) is 7.31. The summed E-state index contributed by atoms with van der Waals surface area (Å²) in [6.45, 7) is 2.89. The number of hydrogen-bond acceptors (Lipinski definition) is 2. The van der Waals surface area contributed by atoms with E-state index >= 15 is 0 Å². The fourth-order valence-electron chi connectivity index (χ4n) is 1.87. The molecule has 0 unspecified atom stereocenters. The average molecular weight is 176 g/mol. The number of benzene rings is 1. The third kappa shape index (κ3) is 0.769. The molecule has 1 aromatic carbocycles. The van der Waals surface area contributed by atoms with E-state index in [1.165, 1.54) is 13.8 Å². The molecule has 0 bridgehead atoms. The first-order chi connectivity index (χ1) is 6.11. The number of fused-ring (bicyclic) bond motifs is 1. The van der Waals surface area contributed by atoms with Gasteiger partial charge in [-0.05, 0) is 0 Å². The molecule has 0 saturated heterocycles. The molecule has 0 fully saturated rings. The van der Waals surface area contributed by atoms with Crippen LogP contribution in [0.1, 0.15) is 13.8 Å². The molecule has 0 radical (unpaired) electrons. The van der Waals surface area contributed by atoms with Gasteiger partial charge in [-0.25, -0.2) is 9.59 Å². The zero-order chi connectivity index (χ0) is 9.64. The second-order valence-electron chi connectivity index (χ2n) is 3.20. The Morgan fingerprint density at radius 3 is 1.69 bits per heavy atom. The van der Waals surface area contributed by atoms with Gasteiger partial charge in [0.25, 0.3) is 0 Å². The third-order valence-corrected chi connectivity index (χ3v) is 2.50. The van der Waals surface area contributed by atoms with E-state index in [0.717, 1.165) is 11.4 Å². The molecule has 0 atom stereocenters. The highest BCUT2D eigenvalue weighted by Gasteiger charge is 2.61. The van der Waals surface area contributed by atoms with E-state index in [-0.39, 0.29) is 16.3 Å². The summed E-state index contributed by atoms with van der Waals surface area (Å²) in [5.74, 6) is -0.262. The van der Waals surface area contributed by atoms with Crippen LogP contribution in [0.2, 0.25) is 0 Å². The summed E-state index contributed by atoms with van der Waals surface area (Å²) in [5.41, 5.74) is 1.64. The van der Waals surface area contributed by atoms with Crippen molar-refractivity contribution in [2.24, 2.45) is 0 Å². The van der Waals surface area contributed by atoms with Crippen LogP contribution in [0, 0.1) is 0 Å². The summed E-state index contributed by atoms with van der Waals surface area (Å²) in [7, 11) is 0. The molecule has 1 aliphatic rings. The first-order valence-corrected chi connectivity index (χ1v) is 4.13. The lowest BCUT2D eigenvalue weighted by atomic mass is 10.4. The molecule has 3 heteroatoms. The van der Waals surface area contributed by atoms with Crippen molar-refractivity contribution in [3.63, 3.8) is 0 Å². The highest BCUT2D eigenvalue weighted by molar-refractivity contribution is 6.24. The minimum atomic E-state index is -0.174. The molecule has 0 N–H and O–H groups in total. The highest BCUT2D eigenvalue weighted by Crippen LogP contribution is 2.56. The molecule has 66 valence electrons. The number of para-hydroxylation sites is 2. The van der Waals surface area contributed by atoms with E-state index in [4.69, 9.17) is 0 Å². The molecule has 3 nitrogen and oxygen atoms in total. The minimum absolute atomic E-state index is 0.131. The number of imide groups is 1. The molecule has 0 spiro atoms. The molecule has 1 aliphatic heterocycles. The minimum Gasteiger partial charge on any atom is -0.230 e. The van der Waals surface area contributed by atoms with Crippen molar-refractivity contribution in [3.05, 3.63) is 24.3 Å². The van der Waals surface area contributed by atoms with Crippen molar-refractivity contribution in [2.75, 3.05) is 0 Å². The maximum Gasteiger partial charge on any atom is 0.328 e. The molecule has 0 aromatic heterocycles. The van der Waals surface area contributed by atoms with Crippen LogP contribution < -0.4 is 4.48 Å². The predicted molar refractivity (Wildman–Crippen MR) is 49.3 cm³/mol. The van der Waals surface area contributed by atoms with Crippen molar-refractivity contribution >= 4 is 23.2 Å². The van der Waals surface area contributed by atoms with E-state index in [0.29, 0.717) is 0 Å². The summed E-state index contributed by atoms with van der Waals surface area (Å²) < 4.78 is -0.174. The maximum absolute atomic E-state index is 11.4. The van der Waals surface area contributed by atoms with E-state index in [9.17, 15) is 9.59 Å². The standard InChI is InChI=1S/C10H10NO2/c1-7(12)11(8(2)13)9-5-3-4-6-10(9)11/h3-6H,1-2H3/q+1. The Kier molecular flexibility index (Phi) is 1.42. The lowest BCUT2D eigenvalue weighted by Crippen LogP contribution is -2.40. The number of nitrogens with zero attached hydrogens (tertiary/aromatic N) is 1. The van der Waals surface area contributed by atoms with Gasteiger partial charge in [-0.3, -0.25) is 0 Å². The molecule has 2 rings (SSSR count). The van der Waals surface area contributed by atoms with Crippen LogP contribution in [0.3, 0.4) is 0 Å². The second-order valence-corrected chi connectivity index (χ2v) is 3.20. The van der Waals surface area contributed by atoms with Gasteiger partial charge in [0, 0.05) is 12.1 Å². The number of amides is 2. The second kappa shape index (κ2) is 2.26. The van der Waals surface area contributed by atoms with Crippen LogP contribution in [-0.2, 0) is 9.59 Å². The van der Waals surface area contributed by atoms with Crippen LogP contribution >= 0.6 is 0 Å². The Labute approximate surface area is 76.2 Å². The highest BCUT2D eigenvalue weighted by atomic mass is 16.2. The van der Waals surface area contributed by atoms with Crippen molar-refractivity contribution in [2.45, 2.75) is 13.8 Å². The Bertz CT molecular complexity index is 370. The van der Waals surface area contributed by atoms with Gasteiger partial charge in [0.15, 0.2) is 0 Å². The van der Waals surface area contributed by atoms with Crippen LogP contribution in [0.4, 0.5) is 11.4 Å². The predicted octanol–water partition coefficient (Wildman–Crippen LogP) is 1.73. The SMILES string of the molecule is CC(=O)[N+]1(C(C)=O)c2ccccc21. The first-order valence-electron chi connectivity index (χ1n) is 4.13. The van der Waals surface area contributed by atoms with E-state index in [1.807, 2.05) is 24.3 Å². The molecule has 0 saturated carbocycles. The summed E-state index contributed by atoms with van der Waals surface area (Å²) in [5, 5.41) is 0. The zero-order valence-corrected chi connectivity index (χ0v) is 7.57. The van der Waals surface area contributed by atoms with Gasteiger partial charge in [-0.1, -0.05) is 12.1 Å². The molecular weight excluding hydrogens is 166 g/mol. The van der Waals surface area contributed by atoms with E-state index in [2.05, 4.69) is 0 Å². The van der Waals surface area contributed by atoms with Crippen LogP contribution in [0.15, 0.2) is 24.3 Å². The largest absolute Gasteiger partial charge is 0.328 e. The lowest BCUT2D eigenvalue weighted by molar-refractivity contribution is -0.135. The summed E-state index contributed by atoms with van der Waals surface area (Å²) >= 11 is 0. The topological polar surface area (TPSA) is 34.1 Å². The van der Waals surface area contributed by atoms with Crippen LogP contribution in [0.25, 0.3) is 0 Å². The molecule has 2 amide bonds. The van der Waals surface area contributed by atoms with Gasteiger partial charge >= 0.3 is 11.8 Å². The smallest absolute Gasteiger partial charge is 0.230 e. The summed E-state index contributed by atoms with van der Waals surface area (Å²) in [6.07, 6.45) is 0. The molecule has 1 heterocycles. The monoisotopic (exact) mass is 176 g/mol. The number of carbonyl (C=O) groups is 2. The number of quaternary nitrogens is 1. The fraction of sp³-hybridized carbons (Fsp3) is 0.200. The quantitative estimate of drug-likeness (QED) is 0.445. The van der Waals surface area contributed by atoms with Gasteiger partial charge in [-0.15, -0.1) is 4.48 Å². The Balaban J connectivity index is 2.57. The van der Waals surface area contributed by atoms with Gasteiger partial charge in [0.05, 0.1) is 13.8 Å². The number of rotatable bonds is 0. The number of carbonyl (C=O) groups excluding carboxylic acids is 2. The molecule has 13 heavy (non-hydrogen) atoms. The number of hydrogen-bond donors (Lipinski definition) is 0. The Hall–Kier alpha value is -1.48. The van der Waals surface area contributed by atoms with Gasteiger partial charge in [0.2, 0.25) is 11.4 Å². The lowest BCUT2D eigenvalue weighted by Gasteiger charge is -2.07. The van der Waals surface area contributed by atoms with E-state index in [1.54, 1.807) is 0 Å². The molecule has 0 aliphatic carbocycles. The maximum atomic E-state index is 11.4. The molecular formula is C10H10NO2+. The van der Waals surface area contributed by atoms with Crippen molar-refractivity contribution in [1.82, 2.24) is 4.48 Å². The van der Waals surface area contributed by atoms with Gasteiger partial charge in [0.1, 0.15) is 0 Å². The average Bonchev–Trinajstić information content (AvgIpc) is 2.73. The van der Waals surface area contributed by atoms with Crippen LogP contribution in [0.5, 0.6) is 0 Å². The van der Waals surface area contributed by atoms with E-state index < -0.39 is 0 Å². The third-order valence-electron chi connectivity index (χ3n) is 2.50. The zero-order valence-electron chi connectivity index (χ0n) is 7.57. The van der Waals surface area contributed by atoms with Gasteiger partial charge < -0.3 is 0 Å². The van der Waals surface area contributed by atoms with Crippen molar-refractivity contribution < 1.29 is 9.59 Å². The Morgan fingerprint density at radius 1 is 1.00 bits per heavy atom. The van der Waals surface area contributed by atoms with Crippen molar-refractivity contribution in [3.8, 4) is 0 Å².